The van der Waals surface area contributed by atoms with Crippen LogP contribution in [0.2, 0.25) is 5.02 Å². The Morgan fingerprint density at radius 3 is 2.65 bits per heavy atom. The number of nitro groups is 1. The van der Waals surface area contributed by atoms with Crippen molar-refractivity contribution in [3.63, 3.8) is 0 Å². The number of aliphatic carboxylic acids is 1. The molecule has 0 bridgehead atoms. The number of hydrogen-bond donors (Lipinski definition) is 2. The number of hydrogen-bond acceptors (Lipinski definition) is 5. The van der Waals surface area contributed by atoms with Gasteiger partial charge >= 0.3 is 12.1 Å². The number of nitrogens with zero attached hydrogens (tertiary/aromatic N) is 1. The van der Waals surface area contributed by atoms with E-state index in [2.05, 4.69) is 5.32 Å². The van der Waals surface area contributed by atoms with Crippen LogP contribution in [0, 0.1) is 10.1 Å². The molecule has 1 aromatic carbocycles. The van der Waals surface area contributed by atoms with E-state index in [0.717, 1.165) is 12.5 Å². The Labute approximate surface area is 137 Å². The molecule has 1 unspecified atom stereocenters. The first-order valence-corrected chi connectivity index (χ1v) is 7.23. The van der Waals surface area contributed by atoms with Crippen LogP contribution in [-0.2, 0) is 15.1 Å². The molecule has 0 saturated heterocycles. The molecule has 0 saturated carbocycles. The fraction of sp³-hybridized carbons (Fsp3) is 0.429. The van der Waals surface area contributed by atoms with Crippen molar-refractivity contribution in [2.45, 2.75) is 32.2 Å². The summed E-state index contributed by atoms with van der Waals surface area (Å²) in [4.78, 5) is 33.5. The van der Waals surface area contributed by atoms with Crippen LogP contribution in [0.3, 0.4) is 0 Å². The topological polar surface area (TPSA) is 119 Å². The number of nitrogens with one attached hydrogen (secondary N) is 1. The lowest BCUT2D eigenvalue weighted by Crippen LogP contribution is -2.49. The molecule has 0 radical (unpaired) electrons. The van der Waals surface area contributed by atoms with Crippen molar-refractivity contribution in [1.82, 2.24) is 5.32 Å². The second kappa shape index (κ2) is 7.77. The first-order chi connectivity index (χ1) is 10.7. The summed E-state index contributed by atoms with van der Waals surface area (Å²) in [6.07, 6.45) is 0.539. The fourth-order valence-electron chi connectivity index (χ4n) is 1.76. The molecule has 126 valence electrons. The predicted octanol–water partition coefficient (Wildman–Crippen LogP) is 3.07. The van der Waals surface area contributed by atoms with Crippen LogP contribution in [-0.4, -0.2) is 28.7 Å². The molecule has 2 N–H and O–H groups in total. The molecule has 1 aromatic rings. The lowest BCUT2D eigenvalue weighted by atomic mass is 9.92. The Hall–Kier alpha value is -2.35. The highest BCUT2D eigenvalue weighted by Gasteiger charge is 2.38. The van der Waals surface area contributed by atoms with E-state index in [1.807, 2.05) is 6.92 Å². The molecule has 1 rings (SSSR count). The van der Waals surface area contributed by atoms with E-state index in [0.29, 0.717) is 6.42 Å². The molecule has 0 heterocycles. The van der Waals surface area contributed by atoms with Crippen molar-refractivity contribution in [2.75, 3.05) is 6.61 Å². The third-order valence-electron chi connectivity index (χ3n) is 3.23. The summed E-state index contributed by atoms with van der Waals surface area (Å²) in [5.74, 6) is -1.39. The SMILES string of the molecule is CCCCOC(=O)NC(C)(C(=O)O)c1ccc(Cl)c([N+](=O)[O-])c1. The average molecular weight is 345 g/mol. The van der Waals surface area contributed by atoms with Gasteiger partial charge in [-0.3, -0.25) is 10.1 Å². The third kappa shape index (κ3) is 4.56. The number of alkyl carbamates (subject to hydrolysis) is 1. The van der Waals surface area contributed by atoms with Crippen LogP contribution in [0.15, 0.2) is 18.2 Å². The molecule has 1 amide bonds. The van der Waals surface area contributed by atoms with Gasteiger partial charge in [0, 0.05) is 6.07 Å². The maximum Gasteiger partial charge on any atom is 0.408 e. The second-order valence-electron chi connectivity index (χ2n) is 4.97. The number of nitro benzene ring substituents is 1. The molecule has 0 spiro atoms. The van der Waals surface area contributed by atoms with Gasteiger partial charge in [0.2, 0.25) is 0 Å². The number of carboxylic acid groups (broad SMARTS) is 1. The van der Waals surface area contributed by atoms with Crippen LogP contribution < -0.4 is 5.32 Å². The number of benzene rings is 1. The highest BCUT2D eigenvalue weighted by Crippen LogP contribution is 2.30. The number of ether oxygens (including phenoxy) is 1. The molecule has 0 aliphatic rings. The van der Waals surface area contributed by atoms with Crippen LogP contribution >= 0.6 is 11.6 Å². The highest BCUT2D eigenvalue weighted by atomic mass is 35.5. The minimum atomic E-state index is -1.89. The van der Waals surface area contributed by atoms with Gasteiger partial charge in [-0.05, 0) is 25.0 Å². The van der Waals surface area contributed by atoms with Gasteiger partial charge in [-0.1, -0.05) is 31.0 Å². The smallest absolute Gasteiger partial charge is 0.408 e. The standard InChI is InChI=1S/C14H17ClN2O6/c1-3-4-7-23-13(20)16-14(2,12(18)19)9-5-6-10(15)11(8-9)17(21)22/h5-6,8H,3-4,7H2,1-2H3,(H,16,20)(H,18,19). The summed E-state index contributed by atoms with van der Waals surface area (Å²) >= 11 is 5.71. The van der Waals surface area contributed by atoms with E-state index in [9.17, 15) is 24.8 Å². The summed E-state index contributed by atoms with van der Waals surface area (Å²) in [5.41, 5.74) is -2.33. The Balaban J connectivity index is 3.10. The van der Waals surface area contributed by atoms with Crippen molar-refractivity contribution >= 4 is 29.4 Å². The van der Waals surface area contributed by atoms with Crippen LogP contribution in [0.25, 0.3) is 0 Å². The third-order valence-corrected chi connectivity index (χ3v) is 3.55. The highest BCUT2D eigenvalue weighted by molar-refractivity contribution is 6.32. The molecule has 0 aliphatic heterocycles. The van der Waals surface area contributed by atoms with E-state index in [1.165, 1.54) is 19.1 Å². The zero-order chi connectivity index (χ0) is 17.6. The molecule has 9 heteroatoms. The van der Waals surface area contributed by atoms with E-state index in [1.54, 1.807) is 0 Å². The summed E-state index contributed by atoms with van der Waals surface area (Å²) in [7, 11) is 0. The zero-order valence-electron chi connectivity index (χ0n) is 12.7. The summed E-state index contributed by atoms with van der Waals surface area (Å²) < 4.78 is 4.88. The van der Waals surface area contributed by atoms with Crippen molar-refractivity contribution in [2.24, 2.45) is 0 Å². The van der Waals surface area contributed by atoms with Crippen molar-refractivity contribution < 1.29 is 24.4 Å². The molecule has 0 fully saturated rings. The first-order valence-electron chi connectivity index (χ1n) is 6.85. The van der Waals surface area contributed by atoms with Crippen molar-refractivity contribution in [3.8, 4) is 0 Å². The van der Waals surface area contributed by atoms with Crippen LogP contribution in [0.5, 0.6) is 0 Å². The molecule has 0 aromatic heterocycles. The number of unbranched alkanes of at least 4 members (excludes halogenated alkanes) is 1. The number of carbonyl (C=O) groups is 2. The summed E-state index contributed by atoms with van der Waals surface area (Å²) in [5, 5.41) is 22.5. The Morgan fingerprint density at radius 2 is 2.13 bits per heavy atom. The number of carboxylic acids is 1. The molecular weight excluding hydrogens is 328 g/mol. The lowest BCUT2D eigenvalue weighted by molar-refractivity contribution is -0.384. The Bertz CT molecular complexity index is 621. The Kier molecular flexibility index (Phi) is 6.32. The maximum absolute atomic E-state index is 11.7. The number of amides is 1. The molecule has 23 heavy (non-hydrogen) atoms. The van der Waals surface area contributed by atoms with Gasteiger partial charge in [-0.25, -0.2) is 9.59 Å². The fourth-order valence-corrected chi connectivity index (χ4v) is 1.95. The van der Waals surface area contributed by atoms with Gasteiger partial charge in [-0.2, -0.15) is 0 Å². The van der Waals surface area contributed by atoms with Crippen LogP contribution in [0.1, 0.15) is 32.3 Å². The molecular formula is C14H17ClN2O6. The molecule has 1 atom stereocenters. The van der Waals surface area contributed by atoms with Gasteiger partial charge in [0.05, 0.1) is 11.5 Å². The van der Waals surface area contributed by atoms with Crippen molar-refractivity contribution in [1.29, 1.82) is 0 Å². The summed E-state index contributed by atoms with van der Waals surface area (Å²) in [6.45, 7) is 3.28. The largest absolute Gasteiger partial charge is 0.479 e. The van der Waals surface area contributed by atoms with E-state index in [4.69, 9.17) is 16.3 Å². The normalized spacial score (nSPS) is 13.0. The minimum Gasteiger partial charge on any atom is -0.479 e. The van der Waals surface area contributed by atoms with Gasteiger partial charge in [0.1, 0.15) is 5.02 Å². The number of carbonyl (C=O) groups excluding carboxylic acids is 1. The minimum absolute atomic E-state index is 0.00791. The van der Waals surface area contributed by atoms with Gasteiger partial charge < -0.3 is 15.2 Å². The number of halogens is 1. The zero-order valence-corrected chi connectivity index (χ0v) is 13.4. The van der Waals surface area contributed by atoms with Gasteiger partial charge in [0.15, 0.2) is 5.54 Å². The summed E-state index contributed by atoms with van der Waals surface area (Å²) in [6, 6.07) is 3.53. The molecule has 8 nitrogen and oxygen atoms in total. The molecule has 0 aliphatic carbocycles. The monoisotopic (exact) mass is 344 g/mol. The average Bonchev–Trinajstić information content (AvgIpc) is 2.47. The number of rotatable bonds is 7. The van der Waals surface area contributed by atoms with E-state index >= 15 is 0 Å². The first kappa shape index (κ1) is 18.7. The van der Waals surface area contributed by atoms with Gasteiger partial charge in [-0.15, -0.1) is 0 Å². The van der Waals surface area contributed by atoms with E-state index < -0.39 is 28.2 Å². The van der Waals surface area contributed by atoms with Crippen molar-refractivity contribution in [3.05, 3.63) is 38.9 Å². The quantitative estimate of drug-likeness (QED) is 0.445. The predicted molar refractivity (Wildman–Crippen MR) is 82.5 cm³/mol. The van der Waals surface area contributed by atoms with E-state index in [-0.39, 0.29) is 17.2 Å². The second-order valence-corrected chi connectivity index (χ2v) is 5.38. The lowest BCUT2D eigenvalue weighted by Gasteiger charge is -2.26. The Morgan fingerprint density at radius 1 is 1.48 bits per heavy atom. The van der Waals surface area contributed by atoms with Crippen LogP contribution in [0.4, 0.5) is 10.5 Å². The maximum atomic E-state index is 11.7. The van der Waals surface area contributed by atoms with Gasteiger partial charge in [0.25, 0.3) is 5.69 Å².